The highest BCUT2D eigenvalue weighted by Gasteiger charge is 2.17. The summed E-state index contributed by atoms with van der Waals surface area (Å²) in [6.07, 6.45) is 2.86. The first kappa shape index (κ1) is 8.10. The number of hydrogen-bond donors (Lipinski definition) is 1. The normalized spacial score (nSPS) is 14.2. The van der Waals surface area contributed by atoms with Gasteiger partial charge in [-0.1, -0.05) is 12.1 Å². The fraction of sp³-hybridized carbons (Fsp3) is 0.167. The molecule has 3 heterocycles. The van der Waals surface area contributed by atoms with Gasteiger partial charge < -0.3 is 5.32 Å². The van der Waals surface area contributed by atoms with Gasteiger partial charge in [0.1, 0.15) is 17.8 Å². The van der Waals surface area contributed by atoms with E-state index in [4.69, 9.17) is 0 Å². The molecule has 16 heavy (non-hydrogen) atoms. The first-order valence-corrected chi connectivity index (χ1v) is 5.42. The van der Waals surface area contributed by atoms with Gasteiger partial charge in [-0.15, -0.1) is 0 Å². The molecule has 1 aliphatic heterocycles. The van der Waals surface area contributed by atoms with Crippen molar-refractivity contribution in [3.8, 4) is 0 Å². The molecule has 0 radical (unpaired) electrons. The molecule has 0 amide bonds. The van der Waals surface area contributed by atoms with Crippen LogP contribution in [0.5, 0.6) is 0 Å². The van der Waals surface area contributed by atoms with Crippen LogP contribution >= 0.6 is 0 Å². The Hall–Kier alpha value is -2.10. The van der Waals surface area contributed by atoms with Crippen molar-refractivity contribution in [1.29, 1.82) is 0 Å². The van der Waals surface area contributed by atoms with Gasteiger partial charge >= 0.3 is 0 Å². The molecule has 3 aromatic rings. The predicted octanol–water partition coefficient (Wildman–Crippen LogP) is 1.85. The Bertz CT molecular complexity index is 699. The second-order valence-corrected chi connectivity index (χ2v) is 4.04. The van der Waals surface area contributed by atoms with Crippen LogP contribution in [0, 0.1) is 0 Å². The summed E-state index contributed by atoms with van der Waals surface area (Å²) in [6.45, 7) is 0.964. The first-order valence-electron chi connectivity index (χ1n) is 5.42. The van der Waals surface area contributed by atoms with Crippen LogP contribution in [0.15, 0.2) is 30.6 Å². The van der Waals surface area contributed by atoms with Crippen molar-refractivity contribution in [1.82, 2.24) is 14.4 Å². The Kier molecular flexibility index (Phi) is 1.38. The maximum absolute atomic E-state index is 4.67. The van der Waals surface area contributed by atoms with Crippen molar-refractivity contribution < 1.29 is 0 Å². The van der Waals surface area contributed by atoms with Crippen molar-refractivity contribution >= 4 is 22.5 Å². The number of nitrogens with one attached hydrogen (secondary N) is 1. The number of rotatable bonds is 0. The van der Waals surface area contributed by atoms with Gasteiger partial charge in [0.15, 0.2) is 0 Å². The molecule has 0 unspecified atom stereocenters. The van der Waals surface area contributed by atoms with E-state index in [2.05, 4.69) is 25.8 Å². The monoisotopic (exact) mass is 210 g/mol. The van der Waals surface area contributed by atoms with Gasteiger partial charge in [-0.3, -0.25) is 4.40 Å². The number of aromatic nitrogens is 3. The molecule has 0 fully saturated rings. The summed E-state index contributed by atoms with van der Waals surface area (Å²) in [5.74, 6) is 0.989. The summed E-state index contributed by atoms with van der Waals surface area (Å²) in [4.78, 5) is 9.09. The highest BCUT2D eigenvalue weighted by atomic mass is 15.1. The molecule has 1 aliphatic rings. The molecule has 1 N–H and O–H groups in total. The molecule has 2 aromatic heterocycles. The molecule has 0 saturated heterocycles. The van der Waals surface area contributed by atoms with E-state index in [1.807, 2.05) is 24.5 Å². The van der Waals surface area contributed by atoms with E-state index in [0.29, 0.717) is 0 Å². The lowest BCUT2D eigenvalue weighted by molar-refractivity contribution is 1.08. The number of benzene rings is 1. The third-order valence-electron chi connectivity index (χ3n) is 3.12. The third kappa shape index (κ3) is 0.888. The van der Waals surface area contributed by atoms with Crippen LogP contribution < -0.4 is 5.32 Å². The maximum atomic E-state index is 4.67. The smallest absolute Gasteiger partial charge is 0.146 e. The summed E-state index contributed by atoms with van der Waals surface area (Å²) in [7, 11) is 0. The lowest BCUT2D eigenvalue weighted by Crippen LogP contribution is -1.94. The number of imidazole rings is 1. The van der Waals surface area contributed by atoms with Crippen LogP contribution in [0.1, 0.15) is 5.56 Å². The van der Waals surface area contributed by atoms with Gasteiger partial charge in [0, 0.05) is 12.1 Å². The van der Waals surface area contributed by atoms with E-state index in [1.165, 1.54) is 5.56 Å². The van der Waals surface area contributed by atoms with Gasteiger partial charge in [-0.05, 0) is 18.6 Å². The Balaban J connectivity index is 2.24. The number of hydrogen-bond acceptors (Lipinski definition) is 3. The highest BCUT2D eigenvalue weighted by molar-refractivity contribution is 5.82. The minimum atomic E-state index is 0.964. The topological polar surface area (TPSA) is 42.2 Å². The maximum Gasteiger partial charge on any atom is 0.146 e. The van der Waals surface area contributed by atoms with E-state index in [-0.39, 0.29) is 0 Å². The van der Waals surface area contributed by atoms with E-state index >= 15 is 0 Å². The number of para-hydroxylation sites is 2. The summed E-state index contributed by atoms with van der Waals surface area (Å²) >= 11 is 0. The van der Waals surface area contributed by atoms with Gasteiger partial charge in [-0.25, -0.2) is 9.97 Å². The standard InChI is InChI=1S/C12H10N4/c1-2-4-10-9(3-1)15-12-8-5-6-13-11(8)14-7-16(10)12/h1-4,7,13H,5-6H2. The van der Waals surface area contributed by atoms with Crippen molar-refractivity contribution in [2.75, 3.05) is 11.9 Å². The molecular weight excluding hydrogens is 200 g/mol. The van der Waals surface area contributed by atoms with Crippen LogP contribution in [0.25, 0.3) is 16.7 Å². The quantitative estimate of drug-likeness (QED) is 0.615. The Morgan fingerprint density at radius 1 is 1.25 bits per heavy atom. The largest absolute Gasteiger partial charge is 0.369 e. The van der Waals surface area contributed by atoms with Crippen molar-refractivity contribution in [2.45, 2.75) is 6.42 Å². The van der Waals surface area contributed by atoms with Crippen molar-refractivity contribution in [2.24, 2.45) is 0 Å². The zero-order chi connectivity index (χ0) is 10.5. The van der Waals surface area contributed by atoms with Gasteiger partial charge in [0.05, 0.1) is 11.0 Å². The van der Waals surface area contributed by atoms with E-state index in [0.717, 1.165) is 35.5 Å². The number of fused-ring (bicyclic) bond motifs is 5. The zero-order valence-corrected chi connectivity index (χ0v) is 8.64. The molecule has 0 saturated carbocycles. The lowest BCUT2D eigenvalue weighted by Gasteiger charge is -2.00. The second-order valence-electron chi connectivity index (χ2n) is 4.04. The minimum absolute atomic E-state index is 0.964. The highest BCUT2D eigenvalue weighted by Crippen LogP contribution is 2.26. The van der Waals surface area contributed by atoms with Crippen molar-refractivity contribution in [3.63, 3.8) is 0 Å². The lowest BCUT2D eigenvalue weighted by atomic mass is 10.2. The van der Waals surface area contributed by atoms with Crippen LogP contribution in [-0.2, 0) is 6.42 Å². The van der Waals surface area contributed by atoms with Crippen molar-refractivity contribution in [3.05, 3.63) is 36.2 Å². The summed E-state index contributed by atoms with van der Waals surface area (Å²) < 4.78 is 2.07. The Labute approximate surface area is 91.9 Å². The molecule has 4 rings (SSSR count). The van der Waals surface area contributed by atoms with E-state index in [9.17, 15) is 0 Å². The molecule has 4 nitrogen and oxygen atoms in total. The molecular formula is C12H10N4. The van der Waals surface area contributed by atoms with Gasteiger partial charge in [-0.2, -0.15) is 0 Å². The average molecular weight is 210 g/mol. The third-order valence-corrected chi connectivity index (χ3v) is 3.12. The second kappa shape index (κ2) is 2.72. The summed E-state index contributed by atoms with van der Waals surface area (Å²) in [5, 5.41) is 3.27. The predicted molar refractivity (Wildman–Crippen MR) is 62.7 cm³/mol. The Morgan fingerprint density at radius 3 is 3.19 bits per heavy atom. The minimum Gasteiger partial charge on any atom is -0.369 e. The molecule has 4 heteroatoms. The Morgan fingerprint density at radius 2 is 2.19 bits per heavy atom. The SMILES string of the molecule is c1ccc2c(c1)nc1c3c(ncn12)NCC3. The molecule has 0 spiro atoms. The molecule has 0 bridgehead atoms. The van der Waals surface area contributed by atoms with Crippen LogP contribution in [0.3, 0.4) is 0 Å². The summed E-state index contributed by atoms with van der Waals surface area (Å²) in [5.41, 5.74) is 4.43. The summed E-state index contributed by atoms with van der Waals surface area (Å²) in [6, 6.07) is 8.16. The number of anilines is 1. The molecule has 1 aromatic carbocycles. The van der Waals surface area contributed by atoms with Crippen LogP contribution in [0.4, 0.5) is 5.82 Å². The van der Waals surface area contributed by atoms with Gasteiger partial charge in [0.25, 0.3) is 0 Å². The zero-order valence-electron chi connectivity index (χ0n) is 8.64. The van der Waals surface area contributed by atoms with E-state index in [1.54, 1.807) is 0 Å². The number of nitrogens with zero attached hydrogens (tertiary/aromatic N) is 3. The van der Waals surface area contributed by atoms with Crippen LogP contribution in [0.2, 0.25) is 0 Å². The molecule has 0 aliphatic carbocycles. The van der Waals surface area contributed by atoms with Crippen LogP contribution in [-0.4, -0.2) is 20.9 Å². The molecule has 78 valence electrons. The molecule has 0 atom stereocenters. The van der Waals surface area contributed by atoms with Gasteiger partial charge in [0.2, 0.25) is 0 Å². The first-order chi connectivity index (χ1) is 7.93. The fourth-order valence-electron chi connectivity index (χ4n) is 2.36. The average Bonchev–Trinajstić information content (AvgIpc) is 2.92. The van der Waals surface area contributed by atoms with E-state index < -0.39 is 0 Å². The fourth-order valence-corrected chi connectivity index (χ4v) is 2.36.